The van der Waals surface area contributed by atoms with Gasteiger partial charge in [0.25, 0.3) is 11.6 Å². The van der Waals surface area contributed by atoms with Crippen LogP contribution >= 0.6 is 0 Å². The predicted molar refractivity (Wildman–Crippen MR) is 66.7 cm³/mol. The van der Waals surface area contributed by atoms with E-state index in [1.807, 2.05) is 0 Å². The Balaban J connectivity index is 2.10. The summed E-state index contributed by atoms with van der Waals surface area (Å²) in [5, 5.41) is 21.6. The number of non-ortho nitro benzene ring substituents is 1. The van der Waals surface area contributed by atoms with Crippen LogP contribution in [0.4, 0.5) is 11.4 Å². The Morgan fingerprint density at radius 1 is 1.10 bits per heavy atom. The van der Waals surface area contributed by atoms with E-state index in [9.17, 15) is 19.7 Å². The minimum absolute atomic E-state index is 0.103. The fourth-order valence-electron chi connectivity index (χ4n) is 1.43. The molecule has 0 spiro atoms. The zero-order valence-corrected chi connectivity index (χ0v) is 9.90. The summed E-state index contributed by atoms with van der Waals surface area (Å²) in [6.45, 7) is 0. The minimum atomic E-state index is -1.28. The maximum atomic E-state index is 11.7. The van der Waals surface area contributed by atoms with E-state index in [4.69, 9.17) is 9.52 Å². The molecular formula is C12H8N2O6. The molecule has 8 heteroatoms. The molecule has 1 aromatic carbocycles. The van der Waals surface area contributed by atoms with Crippen LogP contribution in [0.3, 0.4) is 0 Å². The van der Waals surface area contributed by atoms with Crippen LogP contribution in [0.25, 0.3) is 0 Å². The van der Waals surface area contributed by atoms with Crippen molar-refractivity contribution >= 4 is 23.3 Å². The van der Waals surface area contributed by atoms with Crippen molar-refractivity contribution in [3.8, 4) is 0 Å². The summed E-state index contributed by atoms with van der Waals surface area (Å²) in [5.74, 6) is -2.44. The highest BCUT2D eigenvalue weighted by atomic mass is 16.6. The van der Waals surface area contributed by atoms with Gasteiger partial charge in [0.1, 0.15) is 0 Å². The molecule has 2 aromatic rings. The van der Waals surface area contributed by atoms with Crippen LogP contribution in [-0.4, -0.2) is 21.9 Å². The Bertz CT molecular complexity index is 674. The molecule has 0 aliphatic heterocycles. The van der Waals surface area contributed by atoms with Gasteiger partial charge in [-0.05, 0) is 24.3 Å². The fraction of sp³-hybridized carbons (Fsp3) is 0. The van der Waals surface area contributed by atoms with E-state index >= 15 is 0 Å². The van der Waals surface area contributed by atoms with Gasteiger partial charge in [-0.1, -0.05) is 0 Å². The second kappa shape index (κ2) is 5.22. The molecule has 0 aliphatic rings. The fourth-order valence-corrected chi connectivity index (χ4v) is 1.43. The molecule has 1 heterocycles. The minimum Gasteiger partial charge on any atom is -0.475 e. The Labute approximate surface area is 111 Å². The van der Waals surface area contributed by atoms with E-state index in [1.165, 1.54) is 30.3 Å². The molecule has 0 unspecified atom stereocenters. The molecule has 2 N–H and O–H groups in total. The van der Waals surface area contributed by atoms with Crippen molar-refractivity contribution in [1.82, 2.24) is 0 Å². The van der Waals surface area contributed by atoms with Gasteiger partial charge in [-0.15, -0.1) is 0 Å². The third-order valence-corrected chi connectivity index (χ3v) is 2.38. The average Bonchev–Trinajstić information content (AvgIpc) is 2.89. The summed E-state index contributed by atoms with van der Waals surface area (Å²) in [6, 6.07) is 7.58. The number of rotatable bonds is 4. The van der Waals surface area contributed by atoms with Crippen molar-refractivity contribution < 1.29 is 24.0 Å². The van der Waals surface area contributed by atoms with Gasteiger partial charge >= 0.3 is 5.97 Å². The lowest BCUT2D eigenvalue weighted by atomic mass is 10.3. The van der Waals surface area contributed by atoms with Gasteiger partial charge < -0.3 is 14.8 Å². The second-order valence-electron chi connectivity index (χ2n) is 3.73. The summed E-state index contributed by atoms with van der Waals surface area (Å²) >= 11 is 0. The number of hydrogen-bond acceptors (Lipinski definition) is 5. The predicted octanol–water partition coefficient (Wildman–Crippen LogP) is 2.14. The lowest BCUT2D eigenvalue weighted by molar-refractivity contribution is -0.384. The van der Waals surface area contributed by atoms with Crippen LogP contribution in [-0.2, 0) is 0 Å². The number of benzene rings is 1. The molecule has 8 nitrogen and oxygen atoms in total. The van der Waals surface area contributed by atoms with Gasteiger partial charge in [0.2, 0.25) is 5.76 Å². The monoisotopic (exact) mass is 276 g/mol. The molecule has 0 saturated heterocycles. The normalized spacial score (nSPS) is 10.0. The summed E-state index contributed by atoms with van der Waals surface area (Å²) in [4.78, 5) is 32.3. The molecule has 0 bridgehead atoms. The maximum absolute atomic E-state index is 11.7. The number of anilines is 1. The maximum Gasteiger partial charge on any atom is 0.371 e. The van der Waals surface area contributed by atoms with Crippen LogP contribution in [0.2, 0.25) is 0 Å². The van der Waals surface area contributed by atoms with Crippen LogP contribution < -0.4 is 5.32 Å². The molecule has 0 radical (unpaired) electrons. The Morgan fingerprint density at radius 2 is 1.70 bits per heavy atom. The molecule has 20 heavy (non-hydrogen) atoms. The molecule has 102 valence electrons. The highest BCUT2D eigenvalue weighted by Gasteiger charge is 2.15. The number of nitro groups is 1. The van der Waals surface area contributed by atoms with E-state index in [0.29, 0.717) is 5.69 Å². The topological polar surface area (TPSA) is 123 Å². The van der Waals surface area contributed by atoms with E-state index in [2.05, 4.69) is 5.32 Å². The molecular weight excluding hydrogens is 268 g/mol. The number of nitrogens with zero attached hydrogens (tertiary/aromatic N) is 1. The quantitative estimate of drug-likeness (QED) is 0.651. The smallest absolute Gasteiger partial charge is 0.371 e. The number of carboxylic acid groups (broad SMARTS) is 1. The molecule has 0 saturated carbocycles. The number of amides is 1. The van der Waals surface area contributed by atoms with Crippen molar-refractivity contribution in [2.24, 2.45) is 0 Å². The summed E-state index contributed by atoms with van der Waals surface area (Å²) in [5.41, 5.74) is 0.225. The SMILES string of the molecule is O=C(O)c1ccc(C(=O)Nc2ccc([N+](=O)[O-])cc2)o1. The van der Waals surface area contributed by atoms with Gasteiger partial charge in [0.15, 0.2) is 5.76 Å². The number of carbonyl (C=O) groups is 2. The highest BCUT2D eigenvalue weighted by Crippen LogP contribution is 2.17. The molecule has 1 aromatic heterocycles. The zero-order valence-electron chi connectivity index (χ0n) is 9.90. The first kappa shape index (κ1) is 13.3. The van der Waals surface area contributed by atoms with E-state index < -0.39 is 16.8 Å². The van der Waals surface area contributed by atoms with Crippen LogP contribution in [0.5, 0.6) is 0 Å². The van der Waals surface area contributed by atoms with Crippen LogP contribution in [0.1, 0.15) is 21.1 Å². The Morgan fingerprint density at radius 3 is 2.20 bits per heavy atom. The summed E-state index contributed by atoms with van der Waals surface area (Å²) in [6.07, 6.45) is 0. The third kappa shape index (κ3) is 2.80. The molecule has 0 aliphatic carbocycles. The van der Waals surface area contributed by atoms with Crippen molar-refractivity contribution in [1.29, 1.82) is 0 Å². The van der Waals surface area contributed by atoms with Crippen LogP contribution in [0, 0.1) is 10.1 Å². The van der Waals surface area contributed by atoms with Gasteiger partial charge in [0.05, 0.1) is 4.92 Å². The summed E-state index contributed by atoms with van der Waals surface area (Å²) < 4.78 is 4.82. The van der Waals surface area contributed by atoms with E-state index in [0.717, 1.165) is 6.07 Å². The Kier molecular flexibility index (Phi) is 3.47. The number of hydrogen-bond donors (Lipinski definition) is 2. The van der Waals surface area contributed by atoms with Crippen molar-refractivity contribution in [3.63, 3.8) is 0 Å². The van der Waals surface area contributed by atoms with Gasteiger partial charge in [-0.2, -0.15) is 0 Å². The lowest BCUT2D eigenvalue weighted by Gasteiger charge is -2.02. The average molecular weight is 276 g/mol. The molecule has 0 atom stereocenters. The number of aromatic carboxylic acids is 1. The largest absolute Gasteiger partial charge is 0.475 e. The van der Waals surface area contributed by atoms with Crippen molar-refractivity contribution in [2.45, 2.75) is 0 Å². The van der Waals surface area contributed by atoms with Gasteiger partial charge in [-0.25, -0.2) is 4.79 Å². The number of carbonyl (C=O) groups excluding carboxylic acids is 1. The first-order chi connectivity index (χ1) is 9.47. The number of furan rings is 1. The first-order valence-corrected chi connectivity index (χ1v) is 5.36. The Hall–Kier alpha value is -3.16. The molecule has 1 amide bonds. The highest BCUT2D eigenvalue weighted by molar-refractivity contribution is 6.02. The second-order valence-corrected chi connectivity index (χ2v) is 3.73. The van der Waals surface area contributed by atoms with E-state index in [-0.39, 0.29) is 17.2 Å². The number of nitrogens with one attached hydrogen (secondary N) is 1. The molecule has 0 fully saturated rings. The zero-order chi connectivity index (χ0) is 14.7. The standard InChI is InChI=1S/C12H8N2O6/c15-11(9-5-6-10(20-9)12(16)17)13-7-1-3-8(4-2-7)14(18)19/h1-6H,(H,13,15)(H,16,17). The first-order valence-electron chi connectivity index (χ1n) is 5.36. The van der Waals surface area contributed by atoms with E-state index in [1.54, 1.807) is 0 Å². The van der Waals surface area contributed by atoms with Crippen molar-refractivity contribution in [2.75, 3.05) is 5.32 Å². The number of carboxylic acids is 1. The van der Waals surface area contributed by atoms with Crippen molar-refractivity contribution in [3.05, 3.63) is 58.0 Å². The number of nitro benzene ring substituents is 1. The van der Waals surface area contributed by atoms with Crippen LogP contribution in [0.15, 0.2) is 40.8 Å². The molecule has 2 rings (SSSR count). The lowest BCUT2D eigenvalue weighted by Crippen LogP contribution is -2.10. The summed E-state index contributed by atoms with van der Waals surface area (Å²) in [7, 11) is 0. The third-order valence-electron chi connectivity index (χ3n) is 2.38. The van der Waals surface area contributed by atoms with Gasteiger partial charge in [0, 0.05) is 17.8 Å². The van der Waals surface area contributed by atoms with Gasteiger partial charge in [-0.3, -0.25) is 14.9 Å².